The molecule has 0 aliphatic heterocycles. The molecule has 0 saturated carbocycles. The normalized spacial score (nSPS) is 10.4. The molecule has 1 nitrogen and oxygen atoms in total. The third-order valence-corrected chi connectivity index (χ3v) is 2.72. The largest absolute Gasteiger partial charge is 0.486 e. The molecule has 0 N–H and O–H groups in total. The van der Waals surface area contributed by atoms with Gasteiger partial charge in [-0.1, -0.05) is 23.7 Å². The van der Waals surface area contributed by atoms with Crippen molar-refractivity contribution in [2.24, 2.45) is 0 Å². The Morgan fingerprint density at radius 1 is 1.06 bits per heavy atom. The summed E-state index contributed by atoms with van der Waals surface area (Å²) >= 11 is 5.64. The first-order valence-corrected chi connectivity index (χ1v) is 5.77. The Morgan fingerprint density at radius 2 is 1.83 bits per heavy atom. The molecule has 0 aliphatic rings. The highest BCUT2D eigenvalue weighted by atomic mass is 35.5. The van der Waals surface area contributed by atoms with Crippen molar-refractivity contribution in [3.8, 4) is 5.75 Å². The first kappa shape index (κ1) is 12.8. The van der Waals surface area contributed by atoms with Crippen LogP contribution in [0.5, 0.6) is 5.75 Å². The van der Waals surface area contributed by atoms with Gasteiger partial charge in [0.25, 0.3) is 0 Å². The van der Waals surface area contributed by atoms with E-state index in [4.69, 9.17) is 16.3 Å². The second-order valence-electron chi connectivity index (χ2n) is 3.96. The molecule has 0 atom stereocenters. The van der Waals surface area contributed by atoms with Gasteiger partial charge < -0.3 is 4.74 Å². The number of hydrogen-bond acceptors (Lipinski definition) is 1. The Kier molecular flexibility index (Phi) is 3.82. The standard InChI is InChI=1S/C14H11ClF2O/c1-9-2-5-12(16)14(6-9)18-8-10-3-4-11(15)7-13(10)17/h2-7H,8H2,1H3. The van der Waals surface area contributed by atoms with Crippen molar-refractivity contribution in [1.29, 1.82) is 0 Å². The van der Waals surface area contributed by atoms with E-state index in [1.807, 2.05) is 6.92 Å². The summed E-state index contributed by atoms with van der Waals surface area (Å²) in [6.07, 6.45) is 0. The molecule has 0 spiro atoms. The van der Waals surface area contributed by atoms with Gasteiger partial charge in [-0.2, -0.15) is 0 Å². The average Bonchev–Trinajstić information content (AvgIpc) is 2.32. The van der Waals surface area contributed by atoms with Gasteiger partial charge in [0.15, 0.2) is 11.6 Å². The van der Waals surface area contributed by atoms with Crippen molar-refractivity contribution >= 4 is 11.6 Å². The monoisotopic (exact) mass is 268 g/mol. The summed E-state index contributed by atoms with van der Waals surface area (Å²) in [5, 5.41) is 0.318. The first-order chi connectivity index (χ1) is 8.56. The van der Waals surface area contributed by atoms with E-state index in [1.54, 1.807) is 18.2 Å². The van der Waals surface area contributed by atoms with Crippen LogP contribution < -0.4 is 4.74 Å². The molecule has 0 unspecified atom stereocenters. The Labute approximate surface area is 109 Å². The van der Waals surface area contributed by atoms with E-state index in [1.165, 1.54) is 18.2 Å². The van der Waals surface area contributed by atoms with Crippen LogP contribution in [0.3, 0.4) is 0 Å². The van der Waals surface area contributed by atoms with Crippen LogP contribution in [0, 0.1) is 18.6 Å². The Balaban J connectivity index is 2.13. The SMILES string of the molecule is Cc1ccc(F)c(OCc2ccc(Cl)cc2F)c1. The zero-order valence-corrected chi connectivity index (χ0v) is 10.5. The molecule has 4 heteroatoms. The van der Waals surface area contributed by atoms with E-state index in [-0.39, 0.29) is 12.4 Å². The van der Waals surface area contributed by atoms with Crippen molar-refractivity contribution in [2.75, 3.05) is 0 Å². The number of rotatable bonds is 3. The lowest BCUT2D eigenvalue weighted by molar-refractivity contribution is 0.284. The van der Waals surface area contributed by atoms with E-state index >= 15 is 0 Å². The smallest absolute Gasteiger partial charge is 0.165 e. The predicted molar refractivity (Wildman–Crippen MR) is 66.9 cm³/mol. The fourth-order valence-corrected chi connectivity index (χ4v) is 1.67. The summed E-state index contributed by atoms with van der Waals surface area (Å²) in [7, 11) is 0. The third kappa shape index (κ3) is 2.99. The predicted octanol–water partition coefficient (Wildman–Crippen LogP) is 4.51. The minimum atomic E-state index is -0.463. The first-order valence-electron chi connectivity index (χ1n) is 5.39. The maximum Gasteiger partial charge on any atom is 0.165 e. The van der Waals surface area contributed by atoms with Crippen LogP contribution in [-0.2, 0) is 6.61 Å². The maximum atomic E-state index is 13.5. The van der Waals surface area contributed by atoms with Crippen LogP contribution in [0.1, 0.15) is 11.1 Å². The van der Waals surface area contributed by atoms with Crippen molar-refractivity contribution in [2.45, 2.75) is 13.5 Å². The molecule has 2 aromatic rings. The van der Waals surface area contributed by atoms with Crippen LogP contribution in [0.25, 0.3) is 0 Å². The van der Waals surface area contributed by atoms with Gasteiger partial charge in [-0.3, -0.25) is 0 Å². The fourth-order valence-electron chi connectivity index (χ4n) is 1.52. The van der Waals surface area contributed by atoms with E-state index in [0.717, 1.165) is 5.56 Å². The number of hydrogen-bond donors (Lipinski definition) is 0. The van der Waals surface area contributed by atoms with Crippen LogP contribution in [0.15, 0.2) is 36.4 Å². The number of halogens is 3. The molecule has 0 fully saturated rings. The lowest BCUT2D eigenvalue weighted by atomic mass is 10.2. The zero-order chi connectivity index (χ0) is 13.1. The molecule has 0 bridgehead atoms. The number of ether oxygens (including phenoxy) is 1. The van der Waals surface area contributed by atoms with Gasteiger partial charge in [0.2, 0.25) is 0 Å². The summed E-state index contributed by atoms with van der Waals surface area (Å²) in [5.41, 5.74) is 1.21. The van der Waals surface area contributed by atoms with Gasteiger partial charge in [-0.25, -0.2) is 8.78 Å². The van der Waals surface area contributed by atoms with Gasteiger partial charge in [0, 0.05) is 10.6 Å². The molecule has 2 aromatic carbocycles. The van der Waals surface area contributed by atoms with Crippen molar-refractivity contribution in [3.05, 3.63) is 64.2 Å². The minimum absolute atomic E-state index is 0.0383. The lowest BCUT2D eigenvalue weighted by Gasteiger charge is -2.09. The van der Waals surface area contributed by atoms with Gasteiger partial charge in [-0.15, -0.1) is 0 Å². The molecule has 0 radical (unpaired) electrons. The van der Waals surface area contributed by atoms with Gasteiger partial charge in [0.05, 0.1) is 0 Å². The fraction of sp³-hybridized carbons (Fsp3) is 0.143. The highest BCUT2D eigenvalue weighted by Crippen LogP contribution is 2.21. The van der Waals surface area contributed by atoms with E-state index in [2.05, 4.69) is 0 Å². The van der Waals surface area contributed by atoms with Crippen molar-refractivity contribution < 1.29 is 13.5 Å². The molecule has 18 heavy (non-hydrogen) atoms. The maximum absolute atomic E-state index is 13.5. The van der Waals surface area contributed by atoms with Gasteiger partial charge >= 0.3 is 0 Å². The summed E-state index contributed by atoms with van der Waals surface area (Å²) < 4.78 is 32.1. The lowest BCUT2D eigenvalue weighted by Crippen LogP contribution is -2.00. The molecule has 0 saturated heterocycles. The molecule has 94 valence electrons. The summed E-state index contributed by atoms with van der Waals surface area (Å²) in [4.78, 5) is 0. The van der Waals surface area contributed by atoms with Crippen LogP contribution in [0.4, 0.5) is 8.78 Å². The van der Waals surface area contributed by atoms with Gasteiger partial charge in [-0.05, 0) is 36.8 Å². The Hall–Kier alpha value is -1.61. The summed E-state index contributed by atoms with van der Waals surface area (Å²) in [6, 6.07) is 8.82. The second-order valence-corrected chi connectivity index (χ2v) is 4.39. The van der Waals surface area contributed by atoms with Crippen molar-refractivity contribution in [3.63, 3.8) is 0 Å². The van der Waals surface area contributed by atoms with E-state index in [9.17, 15) is 8.78 Å². The average molecular weight is 269 g/mol. The second kappa shape index (κ2) is 5.36. The Morgan fingerprint density at radius 3 is 2.56 bits per heavy atom. The number of benzene rings is 2. The molecule has 2 rings (SSSR count). The van der Waals surface area contributed by atoms with Crippen LogP contribution in [-0.4, -0.2) is 0 Å². The zero-order valence-electron chi connectivity index (χ0n) is 9.71. The third-order valence-electron chi connectivity index (χ3n) is 2.48. The van der Waals surface area contributed by atoms with Crippen LogP contribution in [0.2, 0.25) is 5.02 Å². The van der Waals surface area contributed by atoms with Gasteiger partial charge in [0.1, 0.15) is 12.4 Å². The minimum Gasteiger partial charge on any atom is -0.486 e. The highest BCUT2D eigenvalue weighted by Gasteiger charge is 2.07. The molecule has 0 amide bonds. The molecule has 0 heterocycles. The topological polar surface area (TPSA) is 9.23 Å². The molecule has 0 aliphatic carbocycles. The summed E-state index contributed by atoms with van der Waals surface area (Å²) in [5.74, 6) is -0.810. The summed E-state index contributed by atoms with van der Waals surface area (Å²) in [6.45, 7) is 1.79. The highest BCUT2D eigenvalue weighted by molar-refractivity contribution is 6.30. The number of aryl methyl sites for hydroxylation is 1. The molecular formula is C14H11ClF2O. The molecular weight excluding hydrogens is 258 g/mol. The quantitative estimate of drug-likeness (QED) is 0.796. The van der Waals surface area contributed by atoms with E-state index < -0.39 is 11.6 Å². The van der Waals surface area contributed by atoms with Crippen LogP contribution >= 0.6 is 11.6 Å². The van der Waals surface area contributed by atoms with E-state index in [0.29, 0.717) is 10.6 Å². The molecule has 0 aromatic heterocycles. The Bertz CT molecular complexity index is 570. The van der Waals surface area contributed by atoms with Crippen molar-refractivity contribution in [1.82, 2.24) is 0 Å².